The standard InChI is InChI=1S/C14H10O2/c15-14(16)13-11-5-2-6-12(13)10-4-1-3-9(7-10)8-11/h1-7H,8H2,(H,15,16). The molecule has 0 spiro atoms. The molecule has 0 unspecified atom stereocenters. The van der Waals surface area contributed by atoms with E-state index in [0.29, 0.717) is 12.0 Å². The molecule has 3 rings (SSSR count). The smallest absolute Gasteiger partial charge is 0.336 e. The maximum Gasteiger partial charge on any atom is 0.336 e. The molecule has 0 radical (unpaired) electrons. The second-order valence-electron chi connectivity index (χ2n) is 4.02. The monoisotopic (exact) mass is 210 g/mol. The lowest BCUT2D eigenvalue weighted by Gasteiger charge is -2.06. The van der Waals surface area contributed by atoms with Crippen molar-refractivity contribution in [1.29, 1.82) is 0 Å². The molecule has 0 saturated heterocycles. The highest BCUT2D eigenvalue weighted by Gasteiger charge is 2.19. The van der Waals surface area contributed by atoms with E-state index in [4.69, 9.17) is 0 Å². The summed E-state index contributed by atoms with van der Waals surface area (Å²) < 4.78 is 0. The van der Waals surface area contributed by atoms with Crippen molar-refractivity contribution in [2.45, 2.75) is 6.42 Å². The van der Waals surface area contributed by atoms with Gasteiger partial charge >= 0.3 is 5.97 Å². The van der Waals surface area contributed by atoms with Gasteiger partial charge in [-0.3, -0.25) is 0 Å². The molecule has 78 valence electrons. The van der Waals surface area contributed by atoms with Crippen LogP contribution in [0.1, 0.15) is 21.5 Å². The summed E-state index contributed by atoms with van der Waals surface area (Å²) in [6, 6.07) is 13.7. The normalized spacial score (nSPS) is 12.0. The number of rotatable bonds is 1. The van der Waals surface area contributed by atoms with Crippen LogP contribution in [0, 0.1) is 0 Å². The van der Waals surface area contributed by atoms with Crippen LogP contribution < -0.4 is 0 Å². The fourth-order valence-electron chi connectivity index (χ4n) is 2.31. The Bertz CT molecular complexity index is 585. The summed E-state index contributed by atoms with van der Waals surface area (Å²) in [5.74, 6) is -0.840. The van der Waals surface area contributed by atoms with Crippen LogP contribution in [0.15, 0.2) is 42.5 Å². The third-order valence-electron chi connectivity index (χ3n) is 3.00. The zero-order valence-corrected chi connectivity index (χ0v) is 8.60. The first-order chi connectivity index (χ1) is 7.75. The summed E-state index contributed by atoms with van der Waals surface area (Å²) in [7, 11) is 0. The lowest BCUT2D eigenvalue weighted by Crippen LogP contribution is -2.03. The van der Waals surface area contributed by atoms with Gasteiger partial charge < -0.3 is 5.11 Å². The van der Waals surface area contributed by atoms with E-state index in [1.54, 1.807) is 0 Å². The minimum absolute atomic E-state index is 0.448. The lowest BCUT2D eigenvalue weighted by molar-refractivity contribution is 0.0697. The third kappa shape index (κ3) is 1.23. The molecule has 0 aromatic heterocycles. The first kappa shape index (κ1) is 9.16. The second-order valence-corrected chi connectivity index (χ2v) is 4.02. The highest BCUT2D eigenvalue weighted by molar-refractivity contribution is 5.98. The van der Waals surface area contributed by atoms with E-state index in [-0.39, 0.29) is 0 Å². The Labute approximate surface area is 93.2 Å². The molecular formula is C14H10O2. The molecule has 1 aliphatic carbocycles. The molecule has 2 nitrogen and oxygen atoms in total. The van der Waals surface area contributed by atoms with Crippen LogP contribution in [0.2, 0.25) is 0 Å². The number of aromatic carboxylic acids is 1. The van der Waals surface area contributed by atoms with Gasteiger partial charge in [-0.1, -0.05) is 42.5 Å². The van der Waals surface area contributed by atoms with Crippen LogP contribution in [0.5, 0.6) is 0 Å². The molecule has 1 N–H and O–H groups in total. The molecule has 1 aliphatic rings. The minimum atomic E-state index is -0.840. The number of benzene rings is 2. The van der Waals surface area contributed by atoms with Gasteiger partial charge in [-0.05, 0) is 28.7 Å². The van der Waals surface area contributed by atoms with Crippen molar-refractivity contribution in [2.24, 2.45) is 0 Å². The number of carboxylic acid groups (broad SMARTS) is 1. The number of hydrogen-bond donors (Lipinski definition) is 1. The first-order valence-corrected chi connectivity index (χ1v) is 5.20. The zero-order valence-electron chi connectivity index (χ0n) is 8.60. The average Bonchev–Trinajstić information content (AvgIpc) is 2.33. The van der Waals surface area contributed by atoms with Crippen molar-refractivity contribution in [3.05, 3.63) is 59.2 Å². The molecule has 0 heterocycles. The van der Waals surface area contributed by atoms with Crippen molar-refractivity contribution in [3.63, 3.8) is 0 Å². The quantitative estimate of drug-likeness (QED) is 0.670. The molecule has 2 aromatic carbocycles. The summed E-state index contributed by atoms with van der Waals surface area (Å²) >= 11 is 0. The van der Waals surface area contributed by atoms with Crippen LogP contribution >= 0.6 is 0 Å². The average molecular weight is 210 g/mol. The van der Waals surface area contributed by atoms with Crippen LogP contribution in [-0.4, -0.2) is 11.1 Å². The highest BCUT2D eigenvalue weighted by Crippen LogP contribution is 2.32. The third-order valence-corrected chi connectivity index (χ3v) is 3.00. The molecule has 0 fully saturated rings. The van der Waals surface area contributed by atoms with Crippen molar-refractivity contribution in [3.8, 4) is 11.1 Å². The Balaban J connectivity index is 2.39. The van der Waals surface area contributed by atoms with E-state index >= 15 is 0 Å². The van der Waals surface area contributed by atoms with E-state index in [1.807, 2.05) is 36.4 Å². The summed E-state index contributed by atoms with van der Waals surface area (Å²) in [5.41, 5.74) is 4.33. The predicted octanol–water partition coefficient (Wildman–Crippen LogP) is 2.96. The molecule has 0 aliphatic heterocycles. The summed E-state index contributed by atoms with van der Waals surface area (Å²) in [6.07, 6.45) is 0.698. The summed E-state index contributed by atoms with van der Waals surface area (Å²) in [5, 5.41) is 9.29. The van der Waals surface area contributed by atoms with E-state index in [0.717, 1.165) is 16.7 Å². The number of fused-ring (bicyclic) bond motifs is 5. The van der Waals surface area contributed by atoms with Gasteiger partial charge in [0.1, 0.15) is 0 Å². The Hall–Kier alpha value is -2.09. The van der Waals surface area contributed by atoms with Gasteiger partial charge in [0.15, 0.2) is 0 Å². The molecule has 0 atom stereocenters. The largest absolute Gasteiger partial charge is 0.478 e. The van der Waals surface area contributed by atoms with Gasteiger partial charge in [-0.2, -0.15) is 0 Å². The molecule has 0 saturated carbocycles. The van der Waals surface area contributed by atoms with Crippen LogP contribution in [0.25, 0.3) is 11.1 Å². The van der Waals surface area contributed by atoms with Crippen molar-refractivity contribution >= 4 is 5.97 Å². The molecular weight excluding hydrogens is 200 g/mol. The molecule has 2 heteroatoms. The molecule has 0 amide bonds. The van der Waals surface area contributed by atoms with Gasteiger partial charge in [-0.15, -0.1) is 0 Å². The predicted molar refractivity (Wildman–Crippen MR) is 61.6 cm³/mol. The zero-order chi connectivity index (χ0) is 11.1. The topological polar surface area (TPSA) is 37.3 Å². The van der Waals surface area contributed by atoms with Crippen LogP contribution in [0.3, 0.4) is 0 Å². The van der Waals surface area contributed by atoms with Crippen molar-refractivity contribution in [1.82, 2.24) is 0 Å². The Morgan fingerprint density at radius 3 is 2.75 bits per heavy atom. The maximum atomic E-state index is 11.3. The van der Waals surface area contributed by atoms with Crippen molar-refractivity contribution in [2.75, 3.05) is 0 Å². The van der Waals surface area contributed by atoms with Gasteiger partial charge in [0.25, 0.3) is 0 Å². The molecule has 2 aromatic rings. The Morgan fingerprint density at radius 1 is 1.12 bits per heavy atom. The van der Waals surface area contributed by atoms with E-state index in [1.165, 1.54) is 5.56 Å². The highest BCUT2D eigenvalue weighted by atomic mass is 16.4. The van der Waals surface area contributed by atoms with Gasteiger partial charge in [0.05, 0.1) is 5.56 Å². The number of carbonyl (C=O) groups is 1. The van der Waals surface area contributed by atoms with Gasteiger partial charge in [0.2, 0.25) is 0 Å². The fraction of sp³-hybridized carbons (Fsp3) is 0.0714. The van der Waals surface area contributed by atoms with Gasteiger partial charge in [-0.25, -0.2) is 4.79 Å². The van der Waals surface area contributed by atoms with E-state index in [2.05, 4.69) is 6.07 Å². The first-order valence-electron chi connectivity index (χ1n) is 5.20. The Kier molecular flexibility index (Phi) is 1.83. The Morgan fingerprint density at radius 2 is 1.94 bits per heavy atom. The second kappa shape index (κ2) is 3.20. The van der Waals surface area contributed by atoms with Crippen molar-refractivity contribution < 1.29 is 9.90 Å². The minimum Gasteiger partial charge on any atom is -0.478 e. The lowest BCUT2D eigenvalue weighted by atomic mass is 9.97. The van der Waals surface area contributed by atoms with Crippen LogP contribution in [0.4, 0.5) is 0 Å². The van der Waals surface area contributed by atoms with E-state index < -0.39 is 5.97 Å². The fourth-order valence-corrected chi connectivity index (χ4v) is 2.31. The number of carboxylic acids is 1. The van der Waals surface area contributed by atoms with Gasteiger partial charge in [0, 0.05) is 0 Å². The van der Waals surface area contributed by atoms with Crippen LogP contribution in [-0.2, 0) is 6.42 Å². The number of hydrogen-bond acceptors (Lipinski definition) is 1. The van der Waals surface area contributed by atoms with E-state index in [9.17, 15) is 9.90 Å². The SMILES string of the molecule is O=C(O)c1c2cccc1-c1cccc(c1)C2. The molecule has 4 bridgehead atoms. The summed E-state index contributed by atoms with van der Waals surface area (Å²) in [6.45, 7) is 0. The maximum absolute atomic E-state index is 11.3. The summed E-state index contributed by atoms with van der Waals surface area (Å²) in [4.78, 5) is 11.3. The molecule has 16 heavy (non-hydrogen) atoms.